The van der Waals surface area contributed by atoms with Crippen LogP contribution in [0.15, 0.2) is 24.3 Å². The molecule has 0 saturated carbocycles. The van der Waals surface area contributed by atoms with Crippen LogP contribution in [0.25, 0.3) is 0 Å². The summed E-state index contributed by atoms with van der Waals surface area (Å²) in [5, 5.41) is 3.38. The van der Waals surface area contributed by atoms with E-state index in [2.05, 4.69) is 35.2 Å². The molecule has 1 aliphatic rings. The smallest absolute Gasteiger partial charge is 0.166 e. The molecule has 0 amide bonds. The fraction of sp³-hybridized carbons (Fsp3) is 0.444. The van der Waals surface area contributed by atoms with E-state index < -0.39 is 0 Å². The maximum atomic E-state index is 5.86. The van der Waals surface area contributed by atoms with Gasteiger partial charge in [-0.15, -0.1) is 0 Å². The third-order valence-corrected chi connectivity index (χ3v) is 3.70. The van der Waals surface area contributed by atoms with E-state index in [-0.39, 0.29) is 0 Å². The fourth-order valence-electron chi connectivity index (χ4n) is 2.52. The fourth-order valence-corrected chi connectivity index (χ4v) is 2.52. The Morgan fingerprint density at radius 1 is 1.17 bits per heavy atom. The minimum Gasteiger partial charge on any atom is -0.490 e. The van der Waals surface area contributed by atoms with Gasteiger partial charge in [0.1, 0.15) is 11.6 Å². The second-order valence-electron chi connectivity index (χ2n) is 6.06. The Balaban J connectivity index is 1.79. The topological polar surface area (TPSA) is 56.3 Å². The third-order valence-electron chi connectivity index (χ3n) is 3.70. The van der Waals surface area contributed by atoms with Gasteiger partial charge in [0, 0.05) is 36.2 Å². The minimum absolute atomic E-state index is 0.306. The van der Waals surface area contributed by atoms with Crippen molar-refractivity contribution in [2.45, 2.75) is 39.7 Å². The van der Waals surface area contributed by atoms with Gasteiger partial charge in [-0.05, 0) is 13.0 Å². The van der Waals surface area contributed by atoms with Crippen LogP contribution in [0.2, 0.25) is 0 Å². The highest BCUT2D eigenvalue weighted by molar-refractivity contribution is 5.49. The van der Waals surface area contributed by atoms with Crippen LogP contribution >= 0.6 is 0 Å². The number of fused-ring (bicyclic) bond motifs is 1. The molecule has 0 bridgehead atoms. The van der Waals surface area contributed by atoms with E-state index in [4.69, 9.17) is 9.47 Å². The highest BCUT2D eigenvalue weighted by Gasteiger charge is 2.14. The quantitative estimate of drug-likeness (QED) is 0.933. The van der Waals surface area contributed by atoms with Crippen molar-refractivity contribution in [3.05, 3.63) is 41.3 Å². The molecule has 23 heavy (non-hydrogen) atoms. The van der Waals surface area contributed by atoms with Crippen molar-refractivity contribution in [3.63, 3.8) is 0 Å². The van der Waals surface area contributed by atoms with Gasteiger partial charge in [0.25, 0.3) is 0 Å². The van der Waals surface area contributed by atoms with Gasteiger partial charge in [0.15, 0.2) is 11.5 Å². The molecule has 122 valence electrons. The van der Waals surface area contributed by atoms with Crippen LogP contribution < -0.4 is 14.8 Å². The lowest BCUT2D eigenvalue weighted by molar-refractivity contribution is 0.296. The van der Waals surface area contributed by atoms with Gasteiger partial charge in [0.2, 0.25) is 0 Å². The van der Waals surface area contributed by atoms with Gasteiger partial charge >= 0.3 is 0 Å². The first-order valence-electron chi connectivity index (χ1n) is 8.10. The lowest BCUT2D eigenvalue weighted by Crippen LogP contribution is -2.08. The molecule has 5 nitrogen and oxygen atoms in total. The number of aromatic nitrogens is 2. The van der Waals surface area contributed by atoms with Crippen LogP contribution in [0, 0.1) is 6.92 Å². The summed E-state index contributed by atoms with van der Waals surface area (Å²) in [4.78, 5) is 9.06. The van der Waals surface area contributed by atoms with Crippen LogP contribution in [-0.2, 0) is 6.54 Å². The summed E-state index contributed by atoms with van der Waals surface area (Å²) in [6.45, 7) is 8.22. The van der Waals surface area contributed by atoms with Crippen molar-refractivity contribution in [1.82, 2.24) is 9.97 Å². The summed E-state index contributed by atoms with van der Waals surface area (Å²) in [7, 11) is 0. The van der Waals surface area contributed by atoms with Gasteiger partial charge in [-0.2, -0.15) is 0 Å². The maximum absolute atomic E-state index is 5.86. The predicted octanol–water partition coefficient (Wildman–Crippen LogP) is 3.68. The summed E-state index contributed by atoms with van der Waals surface area (Å²) >= 11 is 0. The van der Waals surface area contributed by atoms with E-state index >= 15 is 0 Å². The predicted molar refractivity (Wildman–Crippen MR) is 90.2 cm³/mol. The Morgan fingerprint density at radius 2 is 2.00 bits per heavy atom. The molecule has 1 aromatic heterocycles. The average Bonchev–Trinajstić information content (AvgIpc) is 2.78. The second kappa shape index (κ2) is 6.86. The van der Waals surface area contributed by atoms with Crippen molar-refractivity contribution in [2.24, 2.45) is 0 Å². The third kappa shape index (κ3) is 3.73. The maximum Gasteiger partial charge on any atom is 0.166 e. The Hall–Kier alpha value is -2.30. The average molecular weight is 313 g/mol. The molecule has 1 aromatic carbocycles. The number of nitrogens with zero attached hydrogens (tertiary/aromatic N) is 2. The highest BCUT2D eigenvalue weighted by Crippen LogP contribution is 2.33. The summed E-state index contributed by atoms with van der Waals surface area (Å²) in [5.41, 5.74) is 2.05. The van der Waals surface area contributed by atoms with E-state index in [1.165, 1.54) is 0 Å². The van der Waals surface area contributed by atoms with E-state index in [1.54, 1.807) is 0 Å². The zero-order chi connectivity index (χ0) is 16.2. The largest absolute Gasteiger partial charge is 0.490 e. The molecule has 2 heterocycles. The van der Waals surface area contributed by atoms with Crippen LogP contribution in [0.3, 0.4) is 0 Å². The molecule has 1 N–H and O–H groups in total. The molecular weight excluding hydrogens is 290 g/mol. The van der Waals surface area contributed by atoms with Crippen molar-refractivity contribution < 1.29 is 9.47 Å². The molecule has 0 fully saturated rings. The van der Waals surface area contributed by atoms with Gasteiger partial charge < -0.3 is 14.8 Å². The zero-order valence-corrected chi connectivity index (χ0v) is 13.9. The number of rotatable bonds is 4. The van der Waals surface area contributed by atoms with Crippen molar-refractivity contribution in [1.29, 1.82) is 0 Å². The van der Waals surface area contributed by atoms with E-state index in [0.29, 0.717) is 25.7 Å². The van der Waals surface area contributed by atoms with E-state index in [0.717, 1.165) is 40.8 Å². The molecule has 3 rings (SSSR count). The number of para-hydroxylation sites is 1. The van der Waals surface area contributed by atoms with Crippen LogP contribution in [-0.4, -0.2) is 23.2 Å². The van der Waals surface area contributed by atoms with Crippen molar-refractivity contribution >= 4 is 5.82 Å². The molecule has 0 aliphatic carbocycles. The first-order chi connectivity index (χ1) is 11.1. The normalized spacial score (nSPS) is 13.7. The van der Waals surface area contributed by atoms with E-state index in [9.17, 15) is 0 Å². The van der Waals surface area contributed by atoms with Crippen LogP contribution in [0.5, 0.6) is 11.5 Å². The Bertz CT molecular complexity index is 686. The van der Waals surface area contributed by atoms with Gasteiger partial charge in [0.05, 0.1) is 13.2 Å². The van der Waals surface area contributed by atoms with Gasteiger partial charge in [-0.25, -0.2) is 9.97 Å². The standard InChI is InChI=1S/C18H23N3O2/c1-12(2)18-20-13(3)10-16(21-18)19-11-14-6-4-7-15-17(14)23-9-5-8-22-15/h4,6-7,10,12H,5,8-9,11H2,1-3H3,(H,19,20,21). The lowest BCUT2D eigenvalue weighted by Gasteiger charge is -2.14. The highest BCUT2D eigenvalue weighted by atomic mass is 16.5. The number of benzene rings is 1. The van der Waals surface area contributed by atoms with Crippen molar-refractivity contribution in [2.75, 3.05) is 18.5 Å². The number of ether oxygens (including phenoxy) is 2. The monoisotopic (exact) mass is 313 g/mol. The zero-order valence-electron chi connectivity index (χ0n) is 13.9. The molecule has 2 aromatic rings. The van der Waals surface area contributed by atoms with E-state index in [1.807, 2.05) is 25.1 Å². The summed E-state index contributed by atoms with van der Waals surface area (Å²) in [5.74, 6) is 3.67. The molecule has 0 spiro atoms. The van der Waals surface area contributed by atoms with Crippen LogP contribution in [0.1, 0.15) is 43.3 Å². The molecular formula is C18H23N3O2. The molecule has 0 radical (unpaired) electrons. The SMILES string of the molecule is Cc1cc(NCc2cccc3c2OCCCO3)nc(C(C)C)n1. The summed E-state index contributed by atoms with van der Waals surface area (Å²) in [6, 6.07) is 7.97. The number of hydrogen-bond acceptors (Lipinski definition) is 5. The van der Waals surface area contributed by atoms with Crippen LogP contribution in [0.4, 0.5) is 5.82 Å². The molecule has 0 atom stereocenters. The molecule has 0 unspecified atom stereocenters. The number of anilines is 1. The van der Waals surface area contributed by atoms with Gasteiger partial charge in [-0.1, -0.05) is 26.0 Å². The first-order valence-corrected chi connectivity index (χ1v) is 8.10. The number of hydrogen-bond donors (Lipinski definition) is 1. The Morgan fingerprint density at radius 3 is 2.83 bits per heavy atom. The first kappa shape index (κ1) is 15.6. The molecule has 5 heteroatoms. The summed E-state index contributed by atoms with van der Waals surface area (Å²) in [6.07, 6.45) is 0.907. The Labute approximate surface area is 137 Å². The van der Waals surface area contributed by atoms with Crippen molar-refractivity contribution in [3.8, 4) is 11.5 Å². The van der Waals surface area contributed by atoms with Gasteiger partial charge in [-0.3, -0.25) is 0 Å². The molecule has 1 aliphatic heterocycles. The molecule has 0 saturated heterocycles. The number of aryl methyl sites for hydroxylation is 1. The minimum atomic E-state index is 0.306. The Kier molecular flexibility index (Phi) is 4.65. The lowest BCUT2D eigenvalue weighted by atomic mass is 10.2. The second-order valence-corrected chi connectivity index (χ2v) is 6.06. The number of nitrogens with one attached hydrogen (secondary N) is 1. The summed E-state index contributed by atoms with van der Waals surface area (Å²) < 4.78 is 11.6.